The van der Waals surface area contributed by atoms with E-state index in [1.807, 2.05) is 19.0 Å². The van der Waals surface area contributed by atoms with E-state index in [1.165, 1.54) is 0 Å². The number of hydrogen-bond acceptors (Lipinski definition) is 3. The molecule has 0 radical (unpaired) electrons. The summed E-state index contributed by atoms with van der Waals surface area (Å²) in [6.07, 6.45) is 0. The third kappa shape index (κ3) is 5.50. The molecule has 0 amide bonds. The van der Waals surface area contributed by atoms with Gasteiger partial charge >= 0.3 is 0 Å². The molecule has 0 aliphatic rings. The first-order chi connectivity index (χ1) is 7.91. The Kier molecular flexibility index (Phi) is 5.39. The molecule has 96 valence electrons. The largest absolute Gasteiger partial charge is 0.308 e. The van der Waals surface area contributed by atoms with Crippen LogP contribution in [0.5, 0.6) is 0 Å². The molecule has 1 rings (SSSR count). The van der Waals surface area contributed by atoms with Gasteiger partial charge in [-0.3, -0.25) is 0 Å². The number of hydrogen-bond donors (Lipinski definition) is 1. The van der Waals surface area contributed by atoms with Crippen molar-refractivity contribution in [2.75, 3.05) is 27.2 Å². The molecule has 0 spiro atoms. The van der Waals surface area contributed by atoms with E-state index in [0.717, 1.165) is 0 Å². The number of nitrogens with zero attached hydrogens (tertiary/aromatic N) is 1. The van der Waals surface area contributed by atoms with Gasteiger partial charge in [-0.05, 0) is 25.7 Å². The minimum atomic E-state index is -3.31. The third-order valence-electron chi connectivity index (χ3n) is 2.18. The SMILES string of the molecule is CN(C)CCNS(=O)(=O)Cc1ccccc1Cl. The maximum absolute atomic E-state index is 11.7. The summed E-state index contributed by atoms with van der Waals surface area (Å²) in [5.74, 6) is -0.0832. The maximum atomic E-state index is 11.7. The highest BCUT2D eigenvalue weighted by Crippen LogP contribution is 2.16. The van der Waals surface area contributed by atoms with Crippen LogP contribution in [0.25, 0.3) is 0 Å². The lowest BCUT2D eigenvalue weighted by atomic mass is 10.2. The van der Waals surface area contributed by atoms with Gasteiger partial charge < -0.3 is 4.90 Å². The van der Waals surface area contributed by atoms with Gasteiger partial charge in [0.15, 0.2) is 0 Å². The molecule has 0 saturated heterocycles. The average molecular weight is 277 g/mol. The minimum absolute atomic E-state index is 0.0832. The molecule has 0 aromatic heterocycles. The van der Waals surface area contributed by atoms with Crippen molar-refractivity contribution in [3.63, 3.8) is 0 Å². The monoisotopic (exact) mass is 276 g/mol. The van der Waals surface area contributed by atoms with Crippen molar-refractivity contribution in [1.29, 1.82) is 0 Å². The molecule has 6 heteroatoms. The Morgan fingerprint density at radius 1 is 1.29 bits per heavy atom. The predicted octanol–water partition coefficient (Wildman–Crippen LogP) is 1.32. The van der Waals surface area contributed by atoms with Gasteiger partial charge in [0.25, 0.3) is 0 Å². The quantitative estimate of drug-likeness (QED) is 0.853. The van der Waals surface area contributed by atoms with Gasteiger partial charge in [0, 0.05) is 18.1 Å². The minimum Gasteiger partial charge on any atom is -0.308 e. The van der Waals surface area contributed by atoms with E-state index in [4.69, 9.17) is 11.6 Å². The molecule has 0 aliphatic heterocycles. The smallest absolute Gasteiger partial charge is 0.215 e. The summed E-state index contributed by atoms with van der Waals surface area (Å²) in [5, 5.41) is 0.477. The van der Waals surface area contributed by atoms with Gasteiger partial charge in [-0.2, -0.15) is 0 Å². The van der Waals surface area contributed by atoms with Crippen molar-refractivity contribution in [3.8, 4) is 0 Å². The number of benzene rings is 1. The molecular formula is C11H17ClN2O2S. The lowest BCUT2D eigenvalue weighted by Crippen LogP contribution is -2.32. The standard InChI is InChI=1S/C11H17ClN2O2S/c1-14(2)8-7-13-17(15,16)9-10-5-3-4-6-11(10)12/h3-6,13H,7-9H2,1-2H3. The van der Waals surface area contributed by atoms with E-state index in [0.29, 0.717) is 23.7 Å². The Hall–Kier alpha value is -0.620. The Bertz CT molecular complexity index is 460. The zero-order valence-electron chi connectivity index (χ0n) is 9.98. The zero-order chi connectivity index (χ0) is 12.9. The predicted molar refractivity (Wildman–Crippen MR) is 70.6 cm³/mol. The van der Waals surface area contributed by atoms with Gasteiger partial charge in [-0.25, -0.2) is 13.1 Å². The topological polar surface area (TPSA) is 49.4 Å². The van der Waals surface area contributed by atoms with Crippen LogP contribution >= 0.6 is 11.6 Å². The molecule has 0 unspecified atom stereocenters. The van der Waals surface area contributed by atoms with E-state index in [2.05, 4.69) is 4.72 Å². The molecule has 1 N–H and O–H groups in total. The summed E-state index contributed by atoms with van der Waals surface area (Å²) >= 11 is 5.91. The summed E-state index contributed by atoms with van der Waals surface area (Å²) in [6.45, 7) is 1.07. The van der Waals surface area contributed by atoms with Crippen LogP contribution in [0.15, 0.2) is 24.3 Å². The van der Waals surface area contributed by atoms with E-state index in [-0.39, 0.29) is 5.75 Å². The molecule has 0 aliphatic carbocycles. The molecule has 1 aromatic carbocycles. The highest BCUT2D eigenvalue weighted by atomic mass is 35.5. The molecule has 0 heterocycles. The normalized spacial score (nSPS) is 12.0. The van der Waals surface area contributed by atoms with Crippen molar-refractivity contribution >= 4 is 21.6 Å². The fourth-order valence-electron chi connectivity index (χ4n) is 1.30. The Morgan fingerprint density at radius 3 is 2.53 bits per heavy atom. The summed E-state index contributed by atoms with van der Waals surface area (Å²) in [7, 11) is 0.469. The lowest BCUT2D eigenvalue weighted by Gasteiger charge is -2.11. The second-order valence-electron chi connectivity index (χ2n) is 4.05. The molecule has 0 fully saturated rings. The van der Waals surface area contributed by atoms with E-state index >= 15 is 0 Å². The summed E-state index contributed by atoms with van der Waals surface area (Å²) in [6, 6.07) is 6.95. The molecule has 4 nitrogen and oxygen atoms in total. The van der Waals surface area contributed by atoms with Crippen molar-refractivity contribution in [2.24, 2.45) is 0 Å². The maximum Gasteiger partial charge on any atom is 0.215 e. The number of sulfonamides is 1. The van der Waals surface area contributed by atoms with E-state index < -0.39 is 10.0 Å². The van der Waals surface area contributed by atoms with Crippen LogP contribution in [0.1, 0.15) is 5.56 Å². The van der Waals surface area contributed by atoms with Crippen LogP contribution in [0.4, 0.5) is 0 Å². The Morgan fingerprint density at radius 2 is 1.94 bits per heavy atom. The molecular weight excluding hydrogens is 260 g/mol. The van der Waals surface area contributed by atoms with Crippen LogP contribution in [0.3, 0.4) is 0 Å². The van der Waals surface area contributed by atoms with Crippen molar-refractivity contribution < 1.29 is 8.42 Å². The summed E-state index contributed by atoms with van der Waals surface area (Å²) in [5.41, 5.74) is 0.617. The molecule has 17 heavy (non-hydrogen) atoms. The highest BCUT2D eigenvalue weighted by Gasteiger charge is 2.12. The van der Waals surface area contributed by atoms with Crippen LogP contribution in [-0.4, -0.2) is 40.5 Å². The number of likely N-dealkylation sites (N-methyl/N-ethyl adjacent to an activating group) is 1. The summed E-state index contributed by atoms with van der Waals surface area (Å²) in [4.78, 5) is 1.91. The van der Waals surface area contributed by atoms with Gasteiger partial charge in [0.05, 0.1) is 5.75 Å². The molecule has 0 atom stereocenters. The van der Waals surface area contributed by atoms with Crippen LogP contribution in [0.2, 0.25) is 5.02 Å². The molecule has 1 aromatic rings. The Balaban J connectivity index is 2.58. The average Bonchev–Trinajstić information content (AvgIpc) is 2.20. The van der Waals surface area contributed by atoms with Crippen molar-refractivity contribution in [1.82, 2.24) is 9.62 Å². The third-order valence-corrected chi connectivity index (χ3v) is 3.89. The highest BCUT2D eigenvalue weighted by molar-refractivity contribution is 7.88. The Labute approximate surface area is 108 Å². The number of rotatable bonds is 6. The van der Waals surface area contributed by atoms with E-state index in [9.17, 15) is 8.42 Å². The van der Waals surface area contributed by atoms with Gasteiger partial charge in [0.1, 0.15) is 0 Å². The second kappa shape index (κ2) is 6.35. The number of nitrogens with one attached hydrogen (secondary N) is 1. The van der Waals surface area contributed by atoms with Gasteiger partial charge in [0.2, 0.25) is 10.0 Å². The van der Waals surface area contributed by atoms with Gasteiger partial charge in [-0.1, -0.05) is 29.8 Å². The van der Waals surface area contributed by atoms with Crippen molar-refractivity contribution in [2.45, 2.75) is 5.75 Å². The van der Waals surface area contributed by atoms with Crippen LogP contribution in [-0.2, 0) is 15.8 Å². The molecule has 0 bridgehead atoms. The first-order valence-corrected chi connectivity index (χ1v) is 7.29. The number of halogens is 1. The summed E-state index contributed by atoms with van der Waals surface area (Å²) < 4.78 is 26.0. The first kappa shape index (κ1) is 14.4. The first-order valence-electron chi connectivity index (χ1n) is 5.26. The molecule has 0 saturated carbocycles. The zero-order valence-corrected chi connectivity index (χ0v) is 11.6. The van der Waals surface area contributed by atoms with Crippen molar-refractivity contribution in [3.05, 3.63) is 34.9 Å². The van der Waals surface area contributed by atoms with Crippen LogP contribution < -0.4 is 4.72 Å². The fourth-order valence-corrected chi connectivity index (χ4v) is 2.74. The van der Waals surface area contributed by atoms with Gasteiger partial charge in [-0.15, -0.1) is 0 Å². The van der Waals surface area contributed by atoms with Crippen LogP contribution in [0, 0.1) is 0 Å². The lowest BCUT2D eigenvalue weighted by molar-refractivity contribution is 0.412. The fraction of sp³-hybridized carbons (Fsp3) is 0.455. The second-order valence-corrected chi connectivity index (χ2v) is 6.26. The van der Waals surface area contributed by atoms with E-state index in [1.54, 1.807) is 24.3 Å².